The maximum Gasteiger partial charge on any atom is 0.315 e. The van der Waals surface area contributed by atoms with Crippen molar-refractivity contribution in [2.75, 3.05) is 13.2 Å². The Labute approximate surface area is 116 Å². The van der Waals surface area contributed by atoms with Gasteiger partial charge in [-0.1, -0.05) is 27.2 Å². The van der Waals surface area contributed by atoms with Crippen LogP contribution in [0.1, 0.15) is 46.5 Å². The fourth-order valence-corrected chi connectivity index (χ4v) is 3.17. The standard InChI is InChI=1S/C15H28N2O2/c1-4-5-11-8-13(11)17-15(18)16-9-12-6-7-19-14(12)10(2)3/h10-14H,4-9H2,1-3H3,(H2,16,17,18)/t11-,12-,13-,14-/m1/s1. The quantitative estimate of drug-likeness (QED) is 0.778. The third kappa shape index (κ3) is 4.10. The van der Waals surface area contributed by atoms with E-state index in [1.54, 1.807) is 0 Å². The minimum Gasteiger partial charge on any atom is -0.378 e. The van der Waals surface area contributed by atoms with Gasteiger partial charge in [0.05, 0.1) is 6.10 Å². The van der Waals surface area contributed by atoms with Crippen molar-refractivity contribution < 1.29 is 9.53 Å². The van der Waals surface area contributed by atoms with E-state index in [1.807, 2.05) is 0 Å². The van der Waals surface area contributed by atoms with E-state index in [2.05, 4.69) is 31.4 Å². The topological polar surface area (TPSA) is 50.4 Å². The number of ether oxygens (including phenoxy) is 1. The van der Waals surface area contributed by atoms with Gasteiger partial charge in [-0.05, 0) is 31.1 Å². The maximum atomic E-state index is 11.8. The summed E-state index contributed by atoms with van der Waals surface area (Å²) >= 11 is 0. The van der Waals surface area contributed by atoms with Crippen LogP contribution in [0.3, 0.4) is 0 Å². The predicted octanol–water partition coefficient (Wildman–Crippen LogP) is 2.54. The lowest BCUT2D eigenvalue weighted by Crippen LogP contribution is -2.41. The lowest BCUT2D eigenvalue weighted by molar-refractivity contribution is 0.0545. The molecule has 2 rings (SSSR count). The van der Waals surface area contributed by atoms with Gasteiger partial charge in [-0.2, -0.15) is 0 Å². The molecule has 0 aromatic carbocycles. The van der Waals surface area contributed by atoms with Crippen LogP contribution in [0.4, 0.5) is 4.79 Å². The zero-order chi connectivity index (χ0) is 13.8. The van der Waals surface area contributed by atoms with E-state index in [4.69, 9.17) is 4.74 Å². The molecule has 1 aliphatic heterocycles. The van der Waals surface area contributed by atoms with Crippen LogP contribution in [0, 0.1) is 17.8 Å². The molecule has 2 aliphatic rings. The Morgan fingerprint density at radius 3 is 2.84 bits per heavy atom. The summed E-state index contributed by atoms with van der Waals surface area (Å²) < 4.78 is 5.73. The summed E-state index contributed by atoms with van der Waals surface area (Å²) in [7, 11) is 0. The molecule has 2 amide bonds. The smallest absolute Gasteiger partial charge is 0.315 e. The summed E-state index contributed by atoms with van der Waals surface area (Å²) in [6.07, 6.45) is 4.96. The molecule has 4 atom stereocenters. The Hall–Kier alpha value is -0.770. The van der Waals surface area contributed by atoms with Gasteiger partial charge in [0.15, 0.2) is 0 Å². The summed E-state index contributed by atoms with van der Waals surface area (Å²) in [5, 5.41) is 6.08. The molecule has 0 unspecified atom stereocenters. The van der Waals surface area contributed by atoms with Crippen LogP contribution < -0.4 is 10.6 Å². The molecule has 1 heterocycles. The molecule has 0 aromatic rings. The molecule has 0 spiro atoms. The van der Waals surface area contributed by atoms with Crippen molar-refractivity contribution in [1.29, 1.82) is 0 Å². The normalized spacial score (nSPS) is 33.5. The number of hydrogen-bond acceptors (Lipinski definition) is 2. The zero-order valence-corrected chi connectivity index (χ0v) is 12.4. The number of urea groups is 1. The molecular formula is C15H28N2O2. The average Bonchev–Trinajstić information content (AvgIpc) is 2.92. The Balaban J connectivity index is 1.64. The second-order valence-electron chi connectivity index (χ2n) is 6.37. The number of nitrogens with one attached hydrogen (secondary N) is 2. The number of rotatable bonds is 6. The highest BCUT2D eigenvalue weighted by molar-refractivity contribution is 5.74. The van der Waals surface area contributed by atoms with Gasteiger partial charge in [0.2, 0.25) is 0 Å². The molecule has 2 fully saturated rings. The Kier molecular flexibility index (Phi) is 5.08. The van der Waals surface area contributed by atoms with E-state index < -0.39 is 0 Å². The van der Waals surface area contributed by atoms with Gasteiger partial charge < -0.3 is 15.4 Å². The van der Waals surface area contributed by atoms with Crippen LogP contribution >= 0.6 is 0 Å². The number of carbonyl (C=O) groups is 1. The third-order valence-corrected chi connectivity index (χ3v) is 4.34. The Morgan fingerprint density at radius 1 is 1.37 bits per heavy atom. The van der Waals surface area contributed by atoms with Crippen molar-refractivity contribution in [3.8, 4) is 0 Å². The summed E-state index contributed by atoms with van der Waals surface area (Å²) in [5.74, 6) is 1.71. The lowest BCUT2D eigenvalue weighted by Gasteiger charge is -2.22. The summed E-state index contributed by atoms with van der Waals surface area (Å²) in [5.41, 5.74) is 0. The molecule has 1 saturated heterocycles. The highest BCUT2D eigenvalue weighted by Crippen LogP contribution is 2.34. The fourth-order valence-electron chi connectivity index (χ4n) is 3.17. The van der Waals surface area contributed by atoms with Gasteiger partial charge in [0.1, 0.15) is 0 Å². The van der Waals surface area contributed by atoms with Crippen molar-refractivity contribution in [2.45, 2.75) is 58.6 Å². The highest BCUT2D eigenvalue weighted by atomic mass is 16.5. The molecule has 1 aliphatic carbocycles. The second kappa shape index (κ2) is 6.60. The molecule has 4 heteroatoms. The first-order valence-corrected chi connectivity index (χ1v) is 7.77. The van der Waals surface area contributed by atoms with Crippen LogP contribution in [0.25, 0.3) is 0 Å². The SMILES string of the molecule is CCC[C@@H]1C[C@H]1NC(=O)NC[C@H]1CCO[C@@H]1C(C)C. The molecule has 0 bridgehead atoms. The number of carbonyl (C=O) groups excluding carboxylic acids is 1. The largest absolute Gasteiger partial charge is 0.378 e. The molecule has 0 radical (unpaired) electrons. The van der Waals surface area contributed by atoms with Crippen molar-refractivity contribution in [3.05, 3.63) is 0 Å². The van der Waals surface area contributed by atoms with Crippen molar-refractivity contribution in [2.24, 2.45) is 17.8 Å². The van der Waals surface area contributed by atoms with Crippen LogP contribution in [-0.4, -0.2) is 31.3 Å². The van der Waals surface area contributed by atoms with Gasteiger partial charge in [-0.3, -0.25) is 0 Å². The molecule has 0 aromatic heterocycles. The van der Waals surface area contributed by atoms with Crippen LogP contribution in [0.15, 0.2) is 0 Å². The van der Waals surface area contributed by atoms with Gasteiger partial charge in [-0.15, -0.1) is 0 Å². The van der Waals surface area contributed by atoms with Gasteiger partial charge in [0, 0.05) is 25.1 Å². The van der Waals surface area contributed by atoms with E-state index >= 15 is 0 Å². The van der Waals surface area contributed by atoms with E-state index in [0.717, 1.165) is 26.0 Å². The minimum atomic E-state index is -0.00184. The van der Waals surface area contributed by atoms with E-state index in [1.165, 1.54) is 12.8 Å². The van der Waals surface area contributed by atoms with E-state index in [-0.39, 0.29) is 6.03 Å². The monoisotopic (exact) mass is 268 g/mol. The first kappa shape index (κ1) is 14.6. The Morgan fingerprint density at radius 2 is 2.16 bits per heavy atom. The fraction of sp³-hybridized carbons (Fsp3) is 0.933. The van der Waals surface area contributed by atoms with Crippen molar-refractivity contribution >= 4 is 6.03 Å². The average molecular weight is 268 g/mol. The number of amides is 2. The lowest BCUT2D eigenvalue weighted by atomic mass is 9.93. The third-order valence-electron chi connectivity index (χ3n) is 4.34. The predicted molar refractivity (Wildman–Crippen MR) is 76.0 cm³/mol. The van der Waals surface area contributed by atoms with E-state index in [9.17, 15) is 4.79 Å². The second-order valence-corrected chi connectivity index (χ2v) is 6.37. The van der Waals surface area contributed by atoms with Gasteiger partial charge in [0.25, 0.3) is 0 Å². The molecule has 110 valence electrons. The first-order valence-electron chi connectivity index (χ1n) is 7.77. The number of hydrogen-bond donors (Lipinski definition) is 2. The summed E-state index contributed by atoms with van der Waals surface area (Å²) in [6, 6.07) is 0.415. The van der Waals surface area contributed by atoms with Gasteiger partial charge in [-0.25, -0.2) is 4.79 Å². The van der Waals surface area contributed by atoms with Crippen molar-refractivity contribution in [3.63, 3.8) is 0 Å². The van der Waals surface area contributed by atoms with Gasteiger partial charge >= 0.3 is 6.03 Å². The first-order chi connectivity index (χ1) is 9.11. The maximum absolute atomic E-state index is 11.8. The van der Waals surface area contributed by atoms with Crippen LogP contribution in [-0.2, 0) is 4.74 Å². The molecular weight excluding hydrogens is 240 g/mol. The summed E-state index contributed by atoms with van der Waals surface area (Å²) in [4.78, 5) is 11.8. The molecule has 4 nitrogen and oxygen atoms in total. The molecule has 1 saturated carbocycles. The molecule has 2 N–H and O–H groups in total. The Bertz CT molecular complexity index is 307. The minimum absolute atomic E-state index is 0.00184. The van der Waals surface area contributed by atoms with Crippen LogP contribution in [0.5, 0.6) is 0 Å². The zero-order valence-electron chi connectivity index (χ0n) is 12.4. The van der Waals surface area contributed by atoms with E-state index in [0.29, 0.717) is 29.9 Å². The molecule has 19 heavy (non-hydrogen) atoms. The van der Waals surface area contributed by atoms with Crippen LogP contribution in [0.2, 0.25) is 0 Å². The highest BCUT2D eigenvalue weighted by Gasteiger charge is 2.37. The van der Waals surface area contributed by atoms with Crippen molar-refractivity contribution in [1.82, 2.24) is 10.6 Å². The summed E-state index contributed by atoms with van der Waals surface area (Å²) in [6.45, 7) is 8.13.